The molecule has 2 aliphatic heterocycles. The summed E-state index contributed by atoms with van der Waals surface area (Å²) in [6.07, 6.45) is 4.60. The predicted octanol–water partition coefficient (Wildman–Crippen LogP) is 0.504. The summed E-state index contributed by atoms with van der Waals surface area (Å²) in [5, 5.41) is 3.19. The van der Waals surface area contributed by atoms with Gasteiger partial charge in [0, 0.05) is 51.4 Å². The van der Waals surface area contributed by atoms with Crippen LogP contribution in [-0.2, 0) is 9.53 Å². The Kier molecular flexibility index (Phi) is 5.94. The Bertz CT molecular complexity index is 439. The van der Waals surface area contributed by atoms with E-state index in [2.05, 4.69) is 15.1 Å². The SMILES string of the molecule is CCOC(=O)N1CCN(CC(=O)NC2CCN(C3CC3)CC2)CC1. The largest absolute Gasteiger partial charge is 0.450 e. The van der Waals surface area contributed by atoms with Gasteiger partial charge in [0.15, 0.2) is 0 Å². The lowest BCUT2D eigenvalue weighted by Crippen LogP contribution is -2.53. The molecule has 136 valence electrons. The summed E-state index contributed by atoms with van der Waals surface area (Å²) < 4.78 is 5.01. The maximum Gasteiger partial charge on any atom is 0.409 e. The summed E-state index contributed by atoms with van der Waals surface area (Å²) in [7, 11) is 0. The average Bonchev–Trinajstić information content (AvgIpc) is 3.41. The van der Waals surface area contributed by atoms with E-state index < -0.39 is 0 Å². The lowest BCUT2D eigenvalue weighted by atomic mass is 10.0. The van der Waals surface area contributed by atoms with Crippen molar-refractivity contribution in [3.05, 3.63) is 0 Å². The molecule has 0 unspecified atom stereocenters. The van der Waals surface area contributed by atoms with E-state index in [-0.39, 0.29) is 12.0 Å². The number of nitrogens with one attached hydrogen (secondary N) is 1. The van der Waals surface area contributed by atoms with E-state index in [1.54, 1.807) is 4.90 Å². The molecule has 0 aromatic heterocycles. The standard InChI is InChI=1S/C17H30N4O3/c1-2-24-17(23)21-11-9-19(10-12-21)13-16(22)18-14-5-7-20(8-6-14)15-3-4-15/h14-15H,2-13H2,1H3,(H,18,22). The second-order valence-corrected chi connectivity index (χ2v) is 7.07. The number of ether oxygens (including phenoxy) is 1. The van der Waals surface area contributed by atoms with Crippen molar-refractivity contribution in [1.82, 2.24) is 20.0 Å². The molecule has 2 saturated heterocycles. The fourth-order valence-electron chi connectivity index (χ4n) is 3.63. The van der Waals surface area contributed by atoms with E-state index in [4.69, 9.17) is 4.74 Å². The molecule has 7 heteroatoms. The maximum absolute atomic E-state index is 12.3. The van der Waals surface area contributed by atoms with Crippen molar-refractivity contribution in [1.29, 1.82) is 0 Å². The minimum atomic E-state index is -0.246. The van der Waals surface area contributed by atoms with Crippen LogP contribution in [0.5, 0.6) is 0 Å². The minimum absolute atomic E-state index is 0.115. The second-order valence-electron chi connectivity index (χ2n) is 7.07. The van der Waals surface area contributed by atoms with Crippen molar-refractivity contribution >= 4 is 12.0 Å². The summed E-state index contributed by atoms with van der Waals surface area (Å²) in [6.45, 7) is 7.60. The molecule has 0 aromatic carbocycles. The zero-order valence-corrected chi connectivity index (χ0v) is 14.7. The molecule has 0 aromatic rings. The molecule has 2 heterocycles. The van der Waals surface area contributed by atoms with Crippen molar-refractivity contribution in [2.75, 3.05) is 52.4 Å². The molecule has 2 amide bonds. The number of amides is 2. The van der Waals surface area contributed by atoms with Crippen molar-refractivity contribution in [2.24, 2.45) is 0 Å². The highest BCUT2D eigenvalue weighted by Gasteiger charge is 2.32. The molecular weight excluding hydrogens is 308 g/mol. The molecule has 3 rings (SSSR count). The van der Waals surface area contributed by atoms with E-state index >= 15 is 0 Å². The van der Waals surface area contributed by atoms with Crippen molar-refractivity contribution in [2.45, 2.75) is 44.7 Å². The van der Waals surface area contributed by atoms with Gasteiger partial charge in [-0.15, -0.1) is 0 Å². The molecule has 0 bridgehead atoms. The molecule has 7 nitrogen and oxygen atoms in total. The van der Waals surface area contributed by atoms with Gasteiger partial charge in [0.2, 0.25) is 5.91 Å². The van der Waals surface area contributed by atoms with Crippen molar-refractivity contribution in [3.8, 4) is 0 Å². The predicted molar refractivity (Wildman–Crippen MR) is 90.8 cm³/mol. The average molecular weight is 338 g/mol. The topological polar surface area (TPSA) is 65.1 Å². The Labute approximate surface area is 144 Å². The summed E-state index contributed by atoms with van der Waals surface area (Å²) in [4.78, 5) is 30.3. The van der Waals surface area contributed by atoms with Crippen LogP contribution < -0.4 is 5.32 Å². The highest BCUT2D eigenvalue weighted by molar-refractivity contribution is 5.78. The number of carbonyl (C=O) groups excluding carboxylic acids is 2. The van der Waals surface area contributed by atoms with Crippen molar-refractivity contribution in [3.63, 3.8) is 0 Å². The fourth-order valence-corrected chi connectivity index (χ4v) is 3.63. The van der Waals surface area contributed by atoms with Crippen LogP contribution in [0.3, 0.4) is 0 Å². The van der Waals surface area contributed by atoms with E-state index in [0.717, 1.165) is 45.1 Å². The highest BCUT2D eigenvalue weighted by Crippen LogP contribution is 2.29. The van der Waals surface area contributed by atoms with Crippen LogP contribution in [0.25, 0.3) is 0 Å². The third-order valence-electron chi connectivity index (χ3n) is 5.22. The molecule has 24 heavy (non-hydrogen) atoms. The number of piperazine rings is 1. The number of carbonyl (C=O) groups is 2. The van der Waals surface area contributed by atoms with Crippen LogP contribution >= 0.6 is 0 Å². The van der Waals surface area contributed by atoms with Crippen LogP contribution in [0.4, 0.5) is 4.79 Å². The van der Waals surface area contributed by atoms with Crippen LogP contribution in [0, 0.1) is 0 Å². The van der Waals surface area contributed by atoms with Crippen LogP contribution in [0.15, 0.2) is 0 Å². The van der Waals surface area contributed by atoms with Crippen LogP contribution in [0.1, 0.15) is 32.6 Å². The van der Waals surface area contributed by atoms with Crippen molar-refractivity contribution < 1.29 is 14.3 Å². The third-order valence-corrected chi connectivity index (χ3v) is 5.22. The lowest BCUT2D eigenvalue weighted by molar-refractivity contribution is -0.123. The monoisotopic (exact) mass is 338 g/mol. The third kappa shape index (κ3) is 4.83. The molecule has 1 N–H and O–H groups in total. The van der Waals surface area contributed by atoms with Crippen LogP contribution in [-0.4, -0.2) is 91.2 Å². The van der Waals surface area contributed by atoms with Gasteiger partial charge >= 0.3 is 6.09 Å². The van der Waals surface area contributed by atoms with Gasteiger partial charge in [-0.1, -0.05) is 0 Å². The minimum Gasteiger partial charge on any atom is -0.450 e. The van der Waals surface area contributed by atoms with Gasteiger partial charge in [0.1, 0.15) is 0 Å². The first-order chi connectivity index (χ1) is 11.7. The van der Waals surface area contributed by atoms with Gasteiger partial charge in [0.05, 0.1) is 13.2 Å². The molecule has 0 radical (unpaired) electrons. The van der Waals surface area contributed by atoms with Gasteiger partial charge in [-0.3, -0.25) is 9.69 Å². The van der Waals surface area contributed by atoms with Gasteiger partial charge < -0.3 is 19.9 Å². The van der Waals surface area contributed by atoms with Gasteiger partial charge in [-0.25, -0.2) is 4.79 Å². The fraction of sp³-hybridized carbons (Fsp3) is 0.882. The van der Waals surface area contributed by atoms with Crippen LogP contribution in [0.2, 0.25) is 0 Å². The Hall–Kier alpha value is -1.34. The highest BCUT2D eigenvalue weighted by atomic mass is 16.6. The summed E-state index contributed by atoms with van der Waals surface area (Å²) in [5.74, 6) is 0.115. The smallest absolute Gasteiger partial charge is 0.409 e. The number of nitrogens with zero attached hydrogens (tertiary/aromatic N) is 3. The Morgan fingerprint density at radius 1 is 1.00 bits per heavy atom. The quantitative estimate of drug-likeness (QED) is 0.791. The molecular formula is C17H30N4O3. The summed E-state index contributed by atoms with van der Waals surface area (Å²) >= 11 is 0. The molecule has 0 atom stereocenters. The van der Waals surface area contributed by atoms with E-state index in [0.29, 0.717) is 32.3 Å². The first-order valence-corrected chi connectivity index (χ1v) is 9.33. The first kappa shape index (κ1) is 17.5. The van der Waals surface area contributed by atoms with E-state index in [9.17, 15) is 9.59 Å². The van der Waals surface area contributed by atoms with Gasteiger partial charge in [-0.2, -0.15) is 0 Å². The molecule has 3 fully saturated rings. The maximum atomic E-state index is 12.3. The Morgan fingerprint density at radius 2 is 1.67 bits per heavy atom. The first-order valence-electron chi connectivity index (χ1n) is 9.33. The number of hydrogen-bond acceptors (Lipinski definition) is 5. The lowest BCUT2D eigenvalue weighted by Gasteiger charge is -2.35. The Balaban J connectivity index is 1.32. The number of piperidine rings is 1. The molecule has 1 aliphatic carbocycles. The summed E-state index contributed by atoms with van der Waals surface area (Å²) in [6, 6.07) is 1.16. The normalized spacial score (nSPS) is 24.0. The van der Waals surface area contributed by atoms with Gasteiger partial charge in [0.25, 0.3) is 0 Å². The second kappa shape index (κ2) is 8.16. The molecule has 1 saturated carbocycles. The Morgan fingerprint density at radius 3 is 2.25 bits per heavy atom. The number of hydrogen-bond donors (Lipinski definition) is 1. The molecule has 3 aliphatic rings. The molecule has 0 spiro atoms. The number of rotatable bonds is 5. The van der Waals surface area contributed by atoms with Gasteiger partial charge in [-0.05, 0) is 32.6 Å². The zero-order valence-electron chi connectivity index (χ0n) is 14.7. The van der Waals surface area contributed by atoms with E-state index in [1.807, 2.05) is 6.92 Å². The summed E-state index contributed by atoms with van der Waals surface area (Å²) in [5.41, 5.74) is 0. The zero-order chi connectivity index (χ0) is 16.9. The number of likely N-dealkylation sites (tertiary alicyclic amines) is 1. The van der Waals surface area contributed by atoms with E-state index in [1.165, 1.54) is 12.8 Å².